The van der Waals surface area contributed by atoms with Crippen LogP contribution >= 0.6 is 15.9 Å². The van der Waals surface area contributed by atoms with Crippen molar-refractivity contribution in [1.29, 1.82) is 0 Å². The molecular formula is C17H16BrN3O. The van der Waals surface area contributed by atoms with E-state index in [9.17, 15) is 0 Å². The molecule has 1 saturated heterocycles. The average Bonchev–Trinajstić information content (AvgIpc) is 2.99. The number of oxazole rings is 1. The highest BCUT2D eigenvalue weighted by atomic mass is 79.9. The van der Waals surface area contributed by atoms with E-state index in [0.29, 0.717) is 12.1 Å². The zero-order valence-electron chi connectivity index (χ0n) is 12.0. The van der Waals surface area contributed by atoms with Gasteiger partial charge in [-0.15, -0.1) is 0 Å². The van der Waals surface area contributed by atoms with E-state index in [4.69, 9.17) is 4.42 Å². The highest BCUT2D eigenvalue weighted by Crippen LogP contribution is 2.27. The summed E-state index contributed by atoms with van der Waals surface area (Å²) in [7, 11) is 0. The minimum atomic E-state index is 0.302. The maximum Gasteiger partial charge on any atom is 0.298 e. The van der Waals surface area contributed by atoms with E-state index in [1.54, 1.807) is 0 Å². The van der Waals surface area contributed by atoms with Gasteiger partial charge in [0.25, 0.3) is 6.01 Å². The molecule has 0 amide bonds. The molecule has 5 heteroatoms. The van der Waals surface area contributed by atoms with E-state index < -0.39 is 0 Å². The fourth-order valence-electron chi connectivity index (χ4n) is 2.85. The summed E-state index contributed by atoms with van der Waals surface area (Å²) >= 11 is 3.47. The van der Waals surface area contributed by atoms with E-state index in [2.05, 4.69) is 55.4 Å². The number of hydrogen-bond acceptors (Lipinski definition) is 4. The van der Waals surface area contributed by atoms with Crippen LogP contribution < -0.4 is 10.2 Å². The first kappa shape index (κ1) is 13.8. The zero-order valence-corrected chi connectivity index (χ0v) is 13.6. The summed E-state index contributed by atoms with van der Waals surface area (Å²) in [5.41, 5.74) is 3.01. The molecule has 1 atom stereocenters. The van der Waals surface area contributed by atoms with Crippen LogP contribution in [0.4, 0.5) is 6.01 Å². The predicted octanol–water partition coefficient (Wildman–Crippen LogP) is 3.74. The highest BCUT2D eigenvalue weighted by Gasteiger charge is 2.24. The molecule has 0 aliphatic carbocycles. The van der Waals surface area contributed by atoms with E-state index in [0.717, 1.165) is 35.2 Å². The van der Waals surface area contributed by atoms with Gasteiger partial charge in [-0.25, -0.2) is 0 Å². The largest absolute Gasteiger partial charge is 0.423 e. The van der Waals surface area contributed by atoms with E-state index in [1.165, 1.54) is 5.56 Å². The summed E-state index contributed by atoms with van der Waals surface area (Å²) < 4.78 is 6.93. The molecule has 1 aliphatic heterocycles. The third kappa shape index (κ3) is 2.62. The van der Waals surface area contributed by atoms with E-state index >= 15 is 0 Å². The van der Waals surface area contributed by atoms with Crippen LogP contribution in [0.5, 0.6) is 0 Å². The fraction of sp³-hybridized carbons (Fsp3) is 0.235. The normalized spacial score (nSPS) is 18.8. The molecule has 3 aromatic rings. The summed E-state index contributed by atoms with van der Waals surface area (Å²) in [5.74, 6) is 0. The molecule has 1 fully saturated rings. The molecule has 2 heterocycles. The third-order valence-electron chi connectivity index (χ3n) is 3.99. The van der Waals surface area contributed by atoms with Gasteiger partial charge < -0.3 is 14.6 Å². The number of aromatic nitrogens is 1. The first-order valence-corrected chi connectivity index (χ1v) is 8.18. The van der Waals surface area contributed by atoms with Crippen molar-refractivity contribution < 1.29 is 4.42 Å². The first-order valence-electron chi connectivity index (χ1n) is 7.39. The lowest BCUT2D eigenvalue weighted by Gasteiger charge is -2.32. The van der Waals surface area contributed by atoms with Gasteiger partial charge >= 0.3 is 0 Å². The van der Waals surface area contributed by atoms with Crippen LogP contribution in [0, 0.1) is 0 Å². The molecule has 1 unspecified atom stereocenters. The number of nitrogens with zero attached hydrogens (tertiary/aromatic N) is 2. The SMILES string of the molecule is Brc1ccc2nc(N3CCNC(c4ccccc4)C3)oc2c1. The van der Waals surface area contributed by atoms with Gasteiger partial charge in [-0.1, -0.05) is 46.3 Å². The molecule has 1 aromatic heterocycles. The van der Waals surface area contributed by atoms with Gasteiger partial charge in [-0.05, 0) is 23.8 Å². The van der Waals surface area contributed by atoms with Crippen molar-refractivity contribution in [2.75, 3.05) is 24.5 Å². The summed E-state index contributed by atoms with van der Waals surface area (Å²) in [4.78, 5) is 6.83. The van der Waals surface area contributed by atoms with Gasteiger partial charge in [0.15, 0.2) is 5.58 Å². The summed E-state index contributed by atoms with van der Waals surface area (Å²) in [5, 5.41) is 3.56. The Morgan fingerprint density at radius 3 is 2.91 bits per heavy atom. The van der Waals surface area contributed by atoms with Gasteiger partial charge in [0, 0.05) is 24.1 Å². The van der Waals surface area contributed by atoms with Crippen molar-refractivity contribution in [3.8, 4) is 0 Å². The number of benzene rings is 2. The number of fused-ring (bicyclic) bond motifs is 1. The smallest absolute Gasteiger partial charge is 0.298 e. The van der Waals surface area contributed by atoms with Gasteiger partial charge in [0.05, 0.1) is 6.04 Å². The molecule has 0 radical (unpaired) electrons. The molecule has 4 nitrogen and oxygen atoms in total. The van der Waals surface area contributed by atoms with Gasteiger partial charge in [-0.3, -0.25) is 0 Å². The molecule has 22 heavy (non-hydrogen) atoms. The highest BCUT2D eigenvalue weighted by molar-refractivity contribution is 9.10. The van der Waals surface area contributed by atoms with Gasteiger partial charge in [0.1, 0.15) is 5.52 Å². The Hall–Kier alpha value is -1.85. The summed E-state index contributed by atoms with van der Waals surface area (Å²) in [6.07, 6.45) is 0. The topological polar surface area (TPSA) is 41.3 Å². The molecule has 2 aromatic carbocycles. The molecule has 112 valence electrons. The minimum Gasteiger partial charge on any atom is -0.423 e. The molecular weight excluding hydrogens is 342 g/mol. The number of nitrogens with one attached hydrogen (secondary N) is 1. The number of anilines is 1. The Labute approximate surface area is 137 Å². The molecule has 4 rings (SSSR count). The van der Waals surface area contributed by atoms with Crippen LogP contribution in [0.3, 0.4) is 0 Å². The predicted molar refractivity (Wildman–Crippen MR) is 91.1 cm³/mol. The van der Waals surface area contributed by atoms with Crippen molar-refractivity contribution in [2.45, 2.75) is 6.04 Å². The van der Waals surface area contributed by atoms with E-state index in [-0.39, 0.29) is 0 Å². The Balaban J connectivity index is 1.61. The molecule has 0 spiro atoms. The van der Waals surface area contributed by atoms with Crippen LogP contribution in [0.25, 0.3) is 11.1 Å². The number of piperazine rings is 1. The van der Waals surface area contributed by atoms with Crippen molar-refractivity contribution in [1.82, 2.24) is 10.3 Å². The van der Waals surface area contributed by atoms with Crippen LogP contribution in [-0.2, 0) is 0 Å². The zero-order chi connectivity index (χ0) is 14.9. The second kappa shape index (κ2) is 5.74. The minimum absolute atomic E-state index is 0.302. The lowest BCUT2D eigenvalue weighted by molar-refractivity contribution is 0.443. The summed E-state index contributed by atoms with van der Waals surface area (Å²) in [6, 6.07) is 17.4. The van der Waals surface area contributed by atoms with Crippen LogP contribution in [0.2, 0.25) is 0 Å². The monoisotopic (exact) mass is 357 g/mol. The van der Waals surface area contributed by atoms with Crippen LogP contribution in [0.15, 0.2) is 57.4 Å². The molecule has 1 N–H and O–H groups in total. The van der Waals surface area contributed by atoms with Crippen molar-refractivity contribution in [2.24, 2.45) is 0 Å². The summed E-state index contributed by atoms with van der Waals surface area (Å²) in [6.45, 7) is 2.68. The lowest BCUT2D eigenvalue weighted by atomic mass is 10.1. The molecule has 1 aliphatic rings. The molecule has 0 bridgehead atoms. The van der Waals surface area contributed by atoms with Crippen molar-refractivity contribution in [3.63, 3.8) is 0 Å². The average molecular weight is 358 g/mol. The lowest BCUT2D eigenvalue weighted by Crippen LogP contribution is -2.46. The van der Waals surface area contributed by atoms with Crippen molar-refractivity contribution in [3.05, 3.63) is 58.6 Å². The second-order valence-electron chi connectivity index (χ2n) is 5.47. The van der Waals surface area contributed by atoms with E-state index in [1.807, 2.05) is 24.3 Å². The Morgan fingerprint density at radius 2 is 2.05 bits per heavy atom. The maximum atomic E-state index is 5.93. The quantitative estimate of drug-likeness (QED) is 0.758. The number of hydrogen-bond donors (Lipinski definition) is 1. The standard InChI is InChI=1S/C17H16BrN3O/c18-13-6-7-14-16(10-13)22-17(20-14)21-9-8-19-15(11-21)12-4-2-1-3-5-12/h1-7,10,15,19H,8-9,11H2. The fourth-order valence-corrected chi connectivity index (χ4v) is 3.19. The number of rotatable bonds is 2. The first-order chi connectivity index (χ1) is 10.8. The maximum absolute atomic E-state index is 5.93. The van der Waals surface area contributed by atoms with Crippen LogP contribution in [0.1, 0.15) is 11.6 Å². The van der Waals surface area contributed by atoms with Gasteiger partial charge in [-0.2, -0.15) is 4.98 Å². The Bertz CT molecular complexity index is 787. The van der Waals surface area contributed by atoms with Crippen molar-refractivity contribution >= 4 is 33.0 Å². The number of halogens is 1. The van der Waals surface area contributed by atoms with Gasteiger partial charge in [0.2, 0.25) is 0 Å². The van der Waals surface area contributed by atoms with Crippen LogP contribution in [-0.4, -0.2) is 24.6 Å². The Morgan fingerprint density at radius 1 is 1.18 bits per heavy atom. The Kier molecular flexibility index (Phi) is 3.60. The third-order valence-corrected chi connectivity index (χ3v) is 4.48. The second-order valence-corrected chi connectivity index (χ2v) is 6.39. The molecule has 0 saturated carbocycles.